The van der Waals surface area contributed by atoms with Gasteiger partial charge in [-0.25, -0.2) is 0 Å². The van der Waals surface area contributed by atoms with Gasteiger partial charge in [0.2, 0.25) is 5.91 Å². The number of allylic oxidation sites excluding steroid dienone is 1. The molecule has 0 spiro atoms. The first kappa shape index (κ1) is 24.9. The van der Waals surface area contributed by atoms with Crippen LogP contribution in [0.2, 0.25) is 0 Å². The number of anilines is 2. The maximum absolute atomic E-state index is 13.7. The van der Waals surface area contributed by atoms with Gasteiger partial charge in [0.15, 0.2) is 12.1 Å². The predicted molar refractivity (Wildman–Crippen MR) is 137 cm³/mol. The molecule has 1 atom stereocenters. The molecule has 1 aliphatic heterocycles. The highest BCUT2D eigenvalue weighted by atomic mass is 16.7. The van der Waals surface area contributed by atoms with Crippen molar-refractivity contribution in [3.63, 3.8) is 0 Å². The molecule has 4 rings (SSSR count). The number of benzene rings is 2. The van der Waals surface area contributed by atoms with E-state index in [1.54, 1.807) is 0 Å². The van der Waals surface area contributed by atoms with Crippen molar-refractivity contribution < 1.29 is 19.1 Å². The van der Waals surface area contributed by atoms with Crippen LogP contribution in [0.25, 0.3) is 0 Å². The van der Waals surface area contributed by atoms with E-state index in [0.29, 0.717) is 6.42 Å². The monoisotopic (exact) mass is 477 g/mol. The zero-order chi connectivity index (χ0) is 25.2. The van der Waals surface area contributed by atoms with Crippen molar-refractivity contribution in [2.24, 2.45) is 5.41 Å². The molecule has 35 heavy (non-hydrogen) atoms. The maximum Gasteiger partial charge on any atom is 0.239 e. The van der Waals surface area contributed by atoms with E-state index in [4.69, 9.17) is 9.47 Å². The highest BCUT2D eigenvalue weighted by Crippen LogP contribution is 2.48. The third kappa shape index (κ3) is 5.41. The molecule has 1 heterocycles. The van der Waals surface area contributed by atoms with Gasteiger partial charge in [0, 0.05) is 31.9 Å². The van der Waals surface area contributed by atoms with E-state index in [2.05, 4.69) is 48.7 Å². The van der Waals surface area contributed by atoms with Crippen LogP contribution in [0.4, 0.5) is 11.4 Å². The zero-order valence-corrected chi connectivity index (χ0v) is 21.2. The van der Waals surface area contributed by atoms with Gasteiger partial charge in [0.1, 0.15) is 0 Å². The molecule has 1 amide bonds. The largest absolute Gasteiger partial charge is 0.357 e. The lowest BCUT2D eigenvalue weighted by Gasteiger charge is -2.38. The molecule has 2 aromatic rings. The lowest BCUT2D eigenvalue weighted by atomic mass is 9.73. The van der Waals surface area contributed by atoms with Gasteiger partial charge in [-0.1, -0.05) is 55.8 Å². The molecule has 7 nitrogen and oxygen atoms in total. The first-order valence-corrected chi connectivity index (χ1v) is 12.0. The van der Waals surface area contributed by atoms with Crippen LogP contribution in [0, 0.1) is 12.3 Å². The fourth-order valence-corrected chi connectivity index (χ4v) is 4.99. The molecular formula is C28H35N3O4. The molecule has 186 valence electrons. The number of nitrogens with one attached hydrogen (secondary N) is 2. The van der Waals surface area contributed by atoms with E-state index < -0.39 is 12.3 Å². The minimum atomic E-state index is -0.526. The van der Waals surface area contributed by atoms with Gasteiger partial charge < -0.3 is 25.0 Å². The minimum absolute atomic E-state index is 0.0742. The number of fused-ring (bicyclic) bond motifs is 1. The highest BCUT2D eigenvalue weighted by molar-refractivity contribution is 6.01. The lowest BCUT2D eigenvalue weighted by Crippen LogP contribution is -2.44. The van der Waals surface area contributed by atoms with Crippen LogP contribution in [-0.2, 0) is 19.1 Å². The molecule has 0 radical (unpaired) electrons. The summed E-state index contributed by atoms with van der Waals surface area (Å²) < 4.78 is 10.4. The Labute approximate surface area is 207 Å². The summed E-state index contributed by atoms with van der Waals surface area (Å²) in [6, 6.07) is 15.8. The molecule has 1 unspecified atom stereocenters. The molecule has 7 heteroatoms. The molecule has 2 N–H and O–H groups in total. The Morgan fingerprint density at radius 3 is 2.49 bits per heavy atom. The number of aryl methyl sites for hydroxylation is 1. The Morgan fingerprint density at radius 2 is 1.80 bits per heavy atom. The molecule has 0 aromatic heterocycles. The molecule has 1 aliphatic carbocycles. The van der Waals surface area contributed by atoms with Gasteiger partial charge in [-0.3, -0.25) is 9.59 Å². The second-order valence-corrected chi connectivity index (χ2v) is 10.1. The summed E-state index contributed by atoms with van der Waals surface area (Å²) in [7, 11) is 3.07. The van der Waals surface area contributed by atoms with Crippen molar-refractivity contribution in [3.05, 3.63) is 70.9 Å². The van der Waals surface area contributed by atoms with Crippen LogP contribution < -0.4 is 15.5 Å². The average molecular weight is 478 g/mol. The highest BCUT2D eigenvalue weighted by Gasteiger charge is 2.41. The molecule has 0 fully saturated rings. The Hall–Kier alpha value is -3.16. The van der Waals surface area contributed by atoms with Crippen LogP contribution in [-0.4, -0.2) is 45.3 Å². The maximum atomic E-state index is 13.7. The number of methoxy groups -OCH3 is 2. The second-order valence-electron chi connectivity index (χ2n) is 10.1. The number of rotatable bonds is 7. The molecule has 0 saturated heterocycles. The number of ether oxygens (including phenoxy) is 2. The molecule has 0 bridgehead atoms. The molecule has 2 aromatic carbocycles. The van der Waals surface area contributed by atoms with Crippen molar-refractivity contribution in [1.82, 2.24) is 5.32 Å². The van der Waals surface area contributed by atoms with Crippen molar-refractivity contribution in [2.75, 3.05) is 37.5 Å². The summed E-state index contributed by atoms with van der Waals surface area (Å²) in [6.45, 7) is 6.60. The summed E-state index contributed by atoms with van der Waals surface area (Å²) in [5.41, 5.74) is 5.42. The third-order valence-electron chi connectivity index (χ3n) is 6.70. The Kier molecular flexibility index (Phi) is 7.28. The number of hydrogen-bond donors (Lipinski definition) is 2. The van der Waals surface area contributed by atoms with Crippen LogP contribution in [0.15, 0.2) is 59.8 Å². The average Bonchev–Trinajstić information content (AvgIpc) is 2.94. The Morgan fingerprint density at radius 1 is 1.11 bits per heavy atom. The van der Waals surface area contributed by atoms with E-state index in [1.165, 1.54) is 14.2 Å². The molecular weight excluding hydrogens is 442 g/mol. The number of carbonyl (C=O) groups excluding carboxylic acids is 2. The standard InChI is InChI=1S/C28H35N3O4/c1-18-10-12-19(13-11-18)27-26-21(14-28(2,3)15-23(26)32)30-20-8-6-7-9-22(20)31(27)17-24(33)29-16-25(34-4)35-5/h6-13,25,27,30H,14-17H2,1-5H3,(H,29,33). The van der Waals surface area contributed by atoms with E-state index >= 15 is 0 Å². The zero-order valence-electron chi connectivity index (χ0n) is 21.2. The summed E-state index contributed by atoms with van der Waals surface area (Å²) in [5.74, 6) is -0.0602. The van der Waals surface area contributed by atoms with E-state index in [1.807, 2.05) is 36.1 Å². The van der Waals surface area contributed by atoms with Crippen LogP contribution >= 0.6 is 0 Å². The van der Waals surface area contributed by atoms with Gasteiger partial charge in [-0.05, 0) is 36.5 Å². The fourth-order valence-electron chi connectivity index (χ4n) is 4.99. The number of para-hydroxylation sites is 2. The summed E-state index contributed by atoms with van der Waals surface area (Å²) in [6.07, 6.45) is 0.699. The van der Waals surface area contributed by atoms with Crippen molar-refractivity contribution >= 4 is 23.1 Å². The smallest absolute Gasteiger partial charge is 0.239 e. The Balaban J connectivity index is 1.81. The number of hydrogen-bond acceptors (Lipinski definition) is 6. The van der Waals surface area contributed by atoms with Crippen LogP contribution in [0.3, 0.4) is 0 Å². The van der Waals surface area contributed by atoms with Crippen LogP contribution in [0.5, 0.6) is 0 Å². The quantitative estimate of drug-likeness (QED) is 0.578. The lowest BCUT2D eigenvalue weighted by molar-refractivity contribution is -0.126. The van der Waals surface area contributed by atoms with Gasteiger partial charge in [-0.2, -0.15) is 0 Å². The third-order valence-corrected chi connectivity index (χ3v) is 6.70. The van der Waals surface area contributed by atoms with Gasteiger partial charge >= 0.3 is 0 Å². The minimum Gasteiger partial charge on any atom is -0.357 e. The summed E-state index contributed by atoms with van der Waals surface area (Å²) in [4.78, 5) is 28.9. The van der Waals surface area contributed by atoms with E-state index in [-0.39, 0.29) is 30.2 Å². The van der Waals surface area contributed by atoms with Crippen molar-refractivity contribution in [2.45, 2.75) is 45.9 Å². The Bertz CT molecular complexity index is 1120. The number of Topliss-reactive ketones (excluding diaryl/α,β-unsaturated/α-hetero) is 1. The van der Waals surface area contributed by atoms with E-state index in [0.717, 1.165) is 40.2 Å². The number of carbonyl (C=O) groups is 2. The predicted octanol–water partition coefficient (Wildman–Crippen LogP) is 4.35. The second kappa shape index (κ2) is 10.2. The topological polar surface area (TPSA) is 79.9 Å². The van der Waals surface area contributed by atoms with Crippen LogP contribution in [0.1, 0.15) is 43.9 Å². The summed E-state index contributed by atoms with van der Waals surface area (Å²) >= 11 is 0. The van der Waals surface area contributed by atoms with Gasteiger partial charge in [0.05, 0.1) is 30.5 Å². The SMILES string of the molecule is COC(CNC(=O)CN1c2ccccc2NC2=C(C(=O)CC(C)(C)C2)C1c1ccc(C)cc1)OC. The molecule has 0 saturated carbocycles. The van der Waals surface area contributed by atoms with E-state index in [9.17, 15) is 9.59 Å². The van der Waals surface area contributed by atoms with Crippen molar-refractivity contribution in [3.8, 4) is 0 Å². The first-order valence-electron chi connectivity index (χ1n) is 12.0. The molecule has 2 aliphatic rings. The van der Waals surface area contributed by atoms with Crippen molar-refractivity contribution in [1.29, 1.82) is 0 Å². The number of ketones is 1. The fraction of sp³-hybridized carbons (Fsp3) is 0.429. The normalized spacial score (nSPS) is 19.1. The first-order chi connectivity index (χ1) is 16.7. The van der Waals surface area contributed by atoms with Gasteiger partial charge in [-0.15, -0.1) is 0 Å². The number of nitrogens with zero attached hydrogens (tertiary/aromatic N) is 1. The van der Waals surface area contributed by atoms with Gasteiger partial charge in [0.25, 0.3) is 0 Å². The summed E-state index contributed by atoms with van der Waals surface area (Å²) in [5, 5.41) is 6.48. The number of amides is 1.